The van der Waals surface area contributed by atoms with E-state index in [1.54, 1.807) is 24.3 Å². The Labute approximate surface area is 93.2 Å². The third-order valence-electron chi connectivity index (χ3n) is 2.05. The van der Waals surface area contributed by atoms with Crippen LogP contribution < -0.4 is 4.74 Å². The molecule has 0 aliphatic rings. The number of ether oxygens (including phenoxy) is 1. The van der Waals surface area contributed by atoms with Crippen LogP contribution in [0.25, 0.3) is 6.08 Å². The van der Waals surface area contributed by atoms with E-state index in [1.165, 1.54) is 13.2 Å². The van der Waals surface area contributed by atoms with Crippen molar-refractivity contribution < 1.29 is 19.4 Å². The number of carboxylic acids is 1. The molecule has 1 aromatic rings. The minimum absolute atomic E-state index is 0.0808. The number of rotatable bonds is 5. The second-order valence-electron chi connectivity index (χ2n) is 3.13. The van der Waals surface area contributed by atoms with Crippen molar-refractivity contribution >= 4 is 18.3 Å². The van der Waals surface area contributed by atoms with Gasteiger partial charge in [-0.25, -0.2) is 0 Å². The average Bonchev–Trinajstić information content (AvgIpc) is 2.27. The van der Waals surface area contributed by atoms with Crippen molar-refractivity contribution in [1.82, 2.24) is 0 Å². The molecule has 1 aromatic carbocycles. The number of aldehydes is 1. The topological polar surface area (TPSA) is 63.6 Å². The smallest absolute Gasteiger partial charge is 0.307 e. The highest BCUT2D eigenvalue weighted by atomic mass is 16.5. The van der Waals surface area contributed by atoms with Crippen LogP contribution in [0.1, 0.15) is 11.1 Å². The summed E-state index contributed by atoms with van der Waals surface area (Å²) in [5.74, 6) is -0.286. The first-order chi connectivity index (χ1) is 7.67. The number of carbonyl (C=O) groups excluding carboxylic acids is 1. The zero-order valence-electron chi connectivity index (χ0n) is 8.84. The summed E-state index contributed by atoms with van der Waals surface area (Å²) in [6.07, 6.45) is 3.44. The van der Waals surface area contributed by atoms with Gasteiger partial charge in [-0.1, -0.05) is 12.1 Å². The van der Waals surface area contributed by atoms with Crippen LogP contribution in [0.15, 0.2) is 24.3 Å². The van der Waals surface area contributed by atoms with E-state index in [-0.39, 0.29) is 6.42 Å². The van der Waals surface area contributed by atoms with E-state index in [9.17, 15) is 9.59 Å². The molecule has 0 radical (unpaired) electrons. The summed E-state index contributed by atoms with van der Waals surface area (Å²) in [6.45, 7) is 0. The molecule has 0 amide bonds. The molecule has 0 unspecified atom stereocenters. The van der Waals surface area contributed by atoms with Gasteiger partial charge in [-0.15, -0.1) is 0 Å². The van der Waals surface area contributed by atoms with Crippen LogP contribution in [0.4, 0.5) is 0 Å². The maximum absolute atomic E-state index is 10.6. The van der Waals surface area contributed by atoms with Gasteiger partial charge in [0, 0.05) is 0 Å². The Morgan fingerprint density at radius 1 is 1.50 bits per heavy atom. The van der Waals surface area contributed by atoms with Crippen molar-refractivity contribution in [2.24, 2.45) is 0 Å². The van der Waals surface area contributed by atoms with E-state index in [4.69, 9.17) is 9.84 Å². The molecule has 1 rings (SSSR count). The maximum atomic E-state index is 10.6. The van der Waals surface area contributed by atoms with Gasteiger partial charge >= 0.3 is 5.97 Å². The Hall–Kier alpha value is -2.10. The van der Waals surface area contributed by atoms with Crippen LogP contribution in [0, 0.1) is 0 Å². The van der Waals surface area contributed by atoms with E-state index >= 15 is 0 Å². The standard InChI is InChI=1S/C12H12O4/c1-16-11-5-4-10(8-12(14)15)9(7-11)3-2-6-13/h2-7H,8H2,1H3,(H,14,15). The Kier molecular flexibility index (Phi) is 4.27. The van der Waals surface area contributed by atoms with Crippen molar-refractivity contribution in [2.45, 2.75) is 6.42 Å². The summed E-state index contributed by atoms with van der Waals surface area (Å²) in [6, 6.07) is 5.06. The zero-order valence-corrected chi connectivity index (χ0v) is 8.84. The molecule has 0 atom stereocenters. The maximum Gasteiger partial charge on any atom is 0.307 e. The number of allylic oxidation sites excluding steroid dienone is 1. The highest BCUT2D eigenvalue weighted by Gasteiger charge is 2.06. The third kappa shape index (κ3) is 3.24. The van der Waals surface area contributed by atoms with E-state index in [0.717, 1.165) is 0 Å². The molecular formula is C12H12O4. The summed E-state index contributed by atoms with van der Waals surface area (Å²) < 4.78 is 5.03. The van der Waals surface area contributed by atoms with Crippen LogP contribution in [-0.4, -0.2) is 24.5 Å². The van der Waals surface area contributed by atoms with Crippen molar-refractivity contribution in [3.05, 3.63) is 35.4 Å². The van der Waals surface area contributed by atoms with Gasteiger partial charge in [0.05, 0.1) is 13.5 Å². The molecule has 0 aromatic heterocycles. The summed E-state index contributed by atoms with van der Waals surface area (Å²) in [5.41, 5.74) is 1.32. The number of benzene rings is 1. The molecule has 4 nitrogen and oxygen atoms in total. The first kappa shape index (κ1) is 12.0. The monoisotopic (exact) mass is 220 g/mol. The highest BCUT2D eigenvalue weighted by Crippen LogP contribution is 2.19. The lowest BCUT2D eigenvalue weighted by molar-refractivity contribution is -0.136. The normalized spacial score (nSPS) is 10.3. The van der Waals surface area contributed by atoms with Gasteiger partial charge < -0.3 is 9.84 Å². The fraction of sp³-hybridized carbons (Fsp3) is 0.167. The number of hydrogen-bond acceptors (Lipinski definition) is 3. The second kappa shape index (κ2) is 5.70. The Bertz CT molecular complexity index is 421. The summed E-state index contributed by atoms with van der Waals surface area (Å²) in [5, 5.41) is 8.72. The van der Waals surface area contributed by atoms with Crippen LogP contribution in [0.2, 0.25) is 0 Å². The predicted molar refractivity (Wildman–Crippen MR) is 59.4 cm³/mol. The number of carboxylic acid groups (broad SMARTS) is 1. The number of carbonyl (C=O) groups is 2. The van der Waals surface area contributed by atoms with E-state index in [2.05, 4.69) is 0 Å². The molecule has 0 heterocycles. The number of methoxy groups -OCH3 is 1. The van der Waals surface area contributed by atoms with Crippen LogP contribution in [-0.2, 0) is 16.0 Å². The molecule has 0 spiro atoms. The fourth-order valence-electron chi connectivity index (χ4n) is 1.32. The first-order valence-corrected chi connectivity index (χ1v) is 4.68. The molecule has 4 heteroatoms. The predicted octanol–water partition coefficient (Wildman–Crippen LogP) is 1.53. The van der Waals surface area contributed by atoms with Gasteiger partial charge in [0.1, 0.15) is 12.0 Å². The summed E-state index contributed by atoms with van der Waals surface area (Å²) >= 11 is 0. The fourth-order valence-corrected chi connectivity index (χ4v) is 1.32. The molecule has 0 bridgehead atoms. The highest BCUT2D eigenvalue weighted by molar-refractivity contribution is 5.77. The number of hydrogen-bond donors (Lipinski definition) is 1. The Balaban J connectivity index is 3.10. The Morgan fingerprint density at radius 2 is 2.25 bits per heavy atom. The lowest BCUT2D eigenvalue weighted by Gasteiger charge is -2.06. The van der Waals surface area contributed by atoms with Crippen molar-refractivity contribution in [3.63, 3.8) is 0 Å². The van der Waals surface area contributed by atoms with Crippen molar-refractivity contribution in [2.75, 3.05) is 7.11 Å². The van der Waals surface area contributed by atoms with Crippen molar-refractivity contribution in [1.29, 1.82) is 0 Å². The van der Waals surface area contributed by atoms with E-state index < -0.39 is 5.97 Å². The van der Waals surface area contributed by atoms with Crippen LogP contribution in [0.3, 0.4) is 0 Å². The largest absolute Gasteiger partial charge is 0.497 e. The van der Waals surface area contributed by atoms with E-state index in [0.29, 0.717) is 23.2 Å². The van der Waals surface area contributed by atoms with Crippen molar-refractivity contribution in [3.8, 4) is 5.75 Å². The summed E-state index contributed by atoms with van der Waals surface area (Å²) in [4.78, 5) is 20.9. The van der Waals surface area contributed by atoms with Crippen LogP contribution >= 0.6 is 0 Å². The number of aliphatic carboxylic acids is 1. The average molecular weight is 220 g/mol. The first-order valence-electron chi connectivity index (χ1n) is 4.68. The zero-order chi connectivity index (χ0) is 12.0. The molecule has 16 heavy (non-hydrogen) atoms. The van der Waals surface area contributed by atoms with Gasteiger partial charge in [0.15, 0.2) is 0 Å². The minimum atomic E-state index is -0.911. The molecular weight excluding hydrogens is 208 g/mol. The Morgan fingerprint density at radius 3 is 2.81 bits per heavy atom. The molecule has 84 valence electrons. The lowest BCUT2D eigenvalue weighted by atomic mass is 10.0. The van der Waals surface area contributed by atoms with Gasteiger partial charge in [-0.05, 0) is 29.3 Å². The molecule has 0 fully saturated rings. The lowest BCUT2D eigenvalue weighted by Crippen LogP contribution is -2.02. The SMILES string of the molecule is COc1ccc(CC(=O)O)c(C=CC=O)c1. The molecule has 0 saturated carbocycles. The second-order valence-corrected chi connectivity index (χ2v) is 3.13. The van der Waals surface area contributed by atoms with E-state index in [1.807, 2.05) is 0 Å². The van der Waals surface area contributed by atoms with Gasteiger partial charge in [-0.3, -0.25) is 9.59 Å². The third-order valence-corrected chi connectivity index (χ3v) is 2.05. The van der Waals surface area contributed by atoms with Gasteiger partial charge in [0.25, 0.3) is 0 Å². The minimum Gasteiger partial charge on any atom is -0.497 e. The molecule has 1 N–H and O–H groups in total. The molecule has 0 saturated heterocycles. The van der Waals surface area contributed by atoms with Gasteiger partial charge in [0.2, 0.25) is 0 Å². The summed E-state index contributed by atoms with van der Waals surface area (Å²) in [7, 11) is 1.53. The quantitative estimate of drug-likeness (QED) is 0.603. The molecule has 0 aliphatic heterocycles. The van der Waals surface area contributed by atoms with Crippen LogP contribution in [0.5, 0.6) is 5.75 Å². The molecule has 0 aliphatic carbocycles. The van der Waals surface area contributed by atoms with Gasteiger partial charge in [-0.2, -0.15) is 0 Å².